The number of pyridine rings is 1. The minimum absolute atomic E-state index is 0.225. The van der Waals surface area contributed by atoms with Crippen LogP contribution >= 0.6 is 11.6 Å². The van der Waals surface area contributed by atoms with Crippen molar-refractivity contribution in [3.8, 4) is 0 Å². The Kier molecular flexibility index (Phi) is 5.54. The molecule has 0 saturated carbocycles. The second-order valence-corrected chi connectivity index (χ2v) is 6.57. The molecule has 0 aliphatic carbocycles. The summed E-state index contributed by atoms with van der Waals surface area (Å²) >= 11 is 6.11. The fourth-order valence-electron chi connectivity index (χ4n) is 2.54. The summed E-state index contributed by atoms with van der Waals surface area (Å²) in [6.45, 7) is 4.67. The van der Waals surface area contributed by atoms with Gasteiger partial charge in [0.2, 0.25) is 0 Å². The van der Waals surface area contributed by atoms with Gasteiger partial charge in [-0.25, -0.2) is 0 Å². The molecule has 132 valence electrons. The van der Waals surface area contributed by atoms with Gasteiger partial charge in [0.05, 0.1) is 11.3 Å². The lowest BCUT2D eigenvalue weighted by atomic mass is 10.1. The maximum atomic E-state index is 12.5. The van der Waals surface area contributed by atoms with Crippen LogP contribution in [0, 0.1) is 13.8 Å². The van der Waals surface area contributed by atoms with Crippen LogP contribution in [0.2, 0.25) is 5.02 Å². The molecule has 0 aliphatic heterocycles. The molecule has 0 spiro atoms. The fraction of sp³-hybridized carbons (Fsp3) is 0.143. The average molecular weight is 366 g/mol. The van der Waals surface area contributed by atoms with Crippen molar-refractivity contribution in [2.75, 3.05) is 10.6 Å². The molecule has 26 heavy (non-hydrogen) atoms. The number of rotatable bonds is 5. The van der Waals surface area contributed by atoms with E-state index in [1.54, 1.807) is 24.5 Å². The Bertz CT molecular complexity index is 940. The van der Waals surface area contributed by atoms with Gasteiger partial charge < -0.3 is 10.6 Å². The van der Waals surface area contributed by atoms with Crippen LogP contribution in [0.4, 0.5) is 11.4 Å². The van der Waals surface area contributed by atoms with Crippen LogP contribution in [0.3, 0.4) is 0 Å². The average Bonchev–Trinajstić information content (AvgIpc) is 2.64. The Morgan fingerprint density at radius 3 is 2.58 bits per heavy atom. The van der Waals surface area contributed by atoms with Crippen molar-refractivity contribution in [2.45, 2.75) is 20.4 Å². The smallest absolute Gasteiger partial charge is 0.257 e. The second-order valence-electron chi connectivity index (χ2n) is 6.16. The third kappa shape index (κ3) is 4.41. The van der Waals surface area contributed by atoms with E-state index in [-0.39, 0.29) is 5.91 Å². The third-order valence-electron chi connectivity index (χ3n) is 4.17. The summed E-state index contributed by atoms with van der Waals surface area (Å²) in [6, 6.07) is 15.4. The molecule has 0 atom stereocenters. The van der Waals surface area contributed by atoms with Crippen molar-refractivity contribution < 1.29 is 4.79 Å². The van der Waals surface area contributed by atoms with Crippen LogP contribution < -0.4 is 10.6 Å². The summed E-state index contributed by atoms with van der Waals surface area (Å²) in [7, 11) is 0. The highest BCUT2D eigenvalue weighted by atomic mass is 35.5. The summed E-state index contributed by atoms with van der Waals surface area (Å²) in [5.41, 5.74) is 5.33. The normalized spacial score (nSPS) is 10.4. The van der Waals surface area contributed by atoms with E-state index in [0.717, 1.165) is 11.3 Å². The van der Waals surface area contributed by atoms with Gasteiger partial charge in [-0.3, -0.25) is 9.78 Å². The van der Waals surface area contributed by atoms with Gasteiger partial charge in [-0.15, -0.1) is 0 Å². The van der Waals surface area contributed by atoms with Gasteiger partial charge in [0.1, 0.15) is 0 Å². The number of benzene rings is 2. The monoisotopic (exact) mass is 365 g/mol. The lowest BCUT2D eigenvalue weighted by molar-refractivity contribution is 0.102. The molecule has 2 aromatic carbocycles. The van der Waals surface area contributed by atoms with Crippen molar-refractivity contribution in [2.24, 2.45) is 0 Å². The highest BCUT2D eigenvalue weighted by Gasteiger charge is 2.09. The van der Waals surface area contributed by atoms with E-state index in [2.05, 4.69) is 34.7 Å². The van der Waals surface area contributed by atoms with Crippen LogP contribution in [0.25, 0.3) is 0 Å². The van der Waals surface area contributed by atoms with E-state index in [1.165, 1.54) is 11.1 Å². The molecular formula is C21H20ClN3O. The van der Waals surface area contributed by atoms with Gasteiger partial charge >= 0.3 is 0 Å². The Balaban J connectivity index is 1.69. The number of carbonyl (C=O) groups is 1. The SMILES string of the molecule is Cc1ccc(NC(=O)c2cncc(NCc3ccccc3C)c2)cc1Cl. The Morgan fingerprint density at radius 1 is 1.00 bits per heavy atom. The first-order valence-electron chi connectivity index (χ1n) is 8.34. The number of aromatic nitrogens is 1. The maximum absolute atomic E-state index is 12.5. The zero-order chi connectivity index (χ0) is 18.5. The lowest BCUT2D eigenvalue weighted by Crippen LogP contribution is -2.13. The number of amides is 1. The van der Waals surface area contributed by atoms with E-state index in [9.17, 15) is 4.79 Å². The number of anilines is 2. The molecule has 1 amide bonds. The van der Waals surface area contributed by atoms with Crippen LogP contribution in [0.1, 0.15) is 27.0 Å². The zero-order valence-electron chi connectivity index (χ0n) is 14.7. The van der Waals surface area contributed by atoms with Crippen LogP contribution in [-0.2, 0) is 6.54 Å². The predicted octanol–water partition coefficient (Wildman–Crippen LogP) is 5.22. The van der Waals surface area contributed by atoms with Crippen LogP contribution in [0.15, 0.2) is 60.9 Å². The molecule has 0 radical (unpaired) electrons. The van der Waals surface area contributed by atoms with E-state index in [0.29, 0.717) is 22.8 Å². The number of hydrogen-bond acceptors (Lipinski definition) is 3. The number of aryl methyl sites for hydroxylation is 2. The molecule has 0 saturated heterocycles. The van der Waals surface area contributed by atoms with E-state index in [1.807, 2.05) is 31.2 Å². The summed E-state index contributed by atoms with van der Waals surface area (Å²) in [5.74, 6) is -0.225. The standard InChI is InChI=1S/C21H20ClN3O/c1-14-5-3-4-6-16(14)12-24-19-9-17(11-23-13-19)21(26)25-18-8-7-15(2)20(22)10-18/h3-11,13,24H,12H2,1-2H3,(H,25,26). The molecule has 0 unspecified atom stereocenters. The largest absolute Gasteiger partial charge is 0.380 e. The number of hydrogen-bond donors (Lipinski definition) is 2. The topological polar surface area (TPSA) is 54.0 Å². The minimum Gasteiger partial charge on any atom is -0.380 e. The molecular weight excluding hydrogens is 346 g/mol. The van der Waals surface area contributed by atoms with Crippen molar-refractivity contribution in [1.29, 1.82) is 0 Å². The van der Waals surface area contributed by atoms with Gasteiger partial charge in [0.25, 0.3) is 5.91 Å². The molecule has 5 heteroatoms. The van der Waals surface area contributed by atoms with E-state index < -0.39 is 0 Å². The summed E-state index contributed by atoms with van der Waals surface area (Å²) in [6.07, 6.45) is 3.25. The zero-order valence-corrected chi connectivity index (χ0v) is 15.5. The Labute approximate surface area is 158 Å². The second kappa shape index (κ2) is 8.02. The summed E-state index contributed by atoms with van der Waals surface area (Å²) in [5, 5.41) is 6.78. The fourth-order valence-corrected chi connectivity index (χ4v) is 2.72. The van der Waals surface area contributed by atoms with Crippen LogP contribution in [0.5, 0.6) is 0 Å². The maximum Gasteiger partial charge on any atom is 0.257 e. The Hall–Kier alpha value is -2.85. The van der Waals surface area contributed by atoms with E-state index >= 15 is 0 Å². The molecule has 4 nitrogen and oxygen atoms in total. The minimum atomic E-state index is -0.225. The molecule has 2 N–H and O–H groups in total. The first kappa shape index (κ1) is 18.0. The highest BCUT2D eigenvalue weighted by molar-refractivity contribution is 6.31. The van der Waals surface area contributed by atoms with Crippen molar-refractivity contribution >= 4 is 28.9 Å². The quantitative estimate of drug-likeness (QED) is 0.652. The number of halogens is 1. The summed E-state index contributed by atoms with van der Waals surface area (Å²) in [4.78, 5) is 16.6. The molecule has 0 fully saturated rings. The molecule has 1 heterocycles. The van der Waals surface area contributed by atoms with Crippen molar-refractivity contribution in [1.82, 2.24) is 4.98 Å². The summed E-state index contributed by atoms with van der Waals surface area (Å²) < 4.78 is 0. The third-order valence-corrected chi connectivity index (χ3v) is 4.58. The van der Waals surface area contributed by atoms with Gasteiger partial charge in [-0.1, -0.05) is 41.9 Å². The van der Waals surface area contributed by atoms with Crippen molar-refractivity contribution in [3.63, 3.8) is 0 Å². The Morgan fingerprint density at radius 2 is 1.81 bits per heavy atom. The van der Waals surface area contributed by atoms with Gasteiger partial charge in [0, 0.05) is 29.6 Å². The van der Waals surface area contributed by atoms with Crippen molar-refractivity contribution in [3.05, 3.63) is 88.2 Å². The van der Waals surface area contributed by atoms with E-state index in [4.69, 9.17) is 11.6 Å². The number of nitrogens with zero attached hydrogens (tertiary/aromatic N) is 1. The van der Waals surface area contributed by atoms with Gasteiger partial charge in [-0.05, 0) is 48.7 Å². The van der Waals surface area contributed by atoms with Crippen LogP contribution in [-0.4, -0.2) is 10.9 Å². The molecule has 0 aliphatic rings. The van der Waals surface area contributed by atoms with Gasteiger partial charge in [0.15, 0.2) is 0 Å². The lowest BCUT2D eigenvalue weighted by Gasteiger charge is -2.10. The number of nitrogens with one attached hydrogen (secondary N) is 2. The molecule has 0 bridgehead atoms. The molecule has 3 rings (SSSR count). The first-order chi connectivity index (χ1) is 12.5. The molecule has 1 aromatic heterocycles. The van der Waals surface area contributed by atoms with Gasteiger partial charge in [-0.2, -0.15) is 0 Å². The first-order valence-corrected chi connectivity index (χ1v) is 8.71. The highest BCUT2D eigenvalue weighted by Crippen LogP contribution is 2.21. The molecule has 3 aromatic rings. The predicted molar refractivity (Wildman–Crippen MR) is 107 cm³/mol. The number of carbonyl (C=O) groups excluding carboxylic acids is 1.